The molecule has 7 heteroatoms. The minimum Gasteiger partial charge on any atom is -0.481 e. The SMILES string of the molecule is O=C(COc1ccccc1F)NCc1cccc(C(F)(F)F)c1. The predicted octanol–water partition coefficient (Wildman–Crippen LogP) is 3.54. The molecule has 0 atom stereocenters. The van der Waals surface area contributed by atoms with Gasteiger partial charge >= 0.3 is 6.18 Å². The van der Waals surface area contributed by atoms with Crippen molar-refractivity contribution >= 4 is 5.91 Å². The topological polar surface area (TPSA) is 38.3 Å². The van der Waals surface area contributed by atoms with Gasteiger partial charge in [-0.15, -0.1) is 0 Å². The summed E-state index contributed by atoms with van der Waals surface area (Å²) in [5, 5.41) is 2.41. The van der Waals surface area contributed by atoms with E-state index in [2.05, 4.69) is 5.32 Å². The van der Waals surface area contributed by atoms with Crippen LogP contribution in [0.5, 0.6) is 5.75 Å². The van der Waals surface area contributed by atoms with Crippen molar-refractivity contribution in [3.63, 3.8) is 0 Å². The Balaban J connectivity index is 1.86. The van der Waals surface area contributed by atoms with Crippen molar-refractivity contribution in [1.29, 1.82) is 0 Å². The molecular formula is C16H13F4NO2. The Morgan fingerprint density at radius 1 is 1.09 bits per heavy atom. The third-order valence-electron chi connectivity index (χ3n) is 2.94. The highest BCUT2D eigenvalue weighted by atomic mass is 19.4. The van der Waals surface area contributed by atoms with Crippen LogP contribution in [0.25, 0.3) is 0 Å². The van der Waals surface area contributed by atoms with E-state index in [4.69, 9.17) is 4.74 Å². The van der Waals surface area contributed by atoms with E-state index in [-0.39, 0.29) is 12.3 Å². The summed E-state index contributed by atoms with van der Waals surface area (Å²) in [4.78, 5) is 11.6. The predicted molar refractivity (Wildman–Crippen MR) is 75.2 cm³/mol. The summed E-state index contributed by atoms with van der Waals surface area (Å²) in [5.74, 6) is -1.23. The van der Waals surface area contributed by atoms with Gasteiger partial charge in [-0.1, -0.05) is 24.3 Å². The Morgan fingerprint density at radius 3 is 2.52 bits per heavy atom. The highest BCUT2D eigenvalue weighted by Crippen LogP contribution is 2.29. The molecule has 0 spiro atoms. The molecule has 1 amide bonds. The fourth-order valence-corrected chi connectivity index (χ4v) is 1.81. The van der Waals surface area contributed by atoms with Crippen LogP contribution in [0.3, 0.4) is 0 Å². The van der Waals surface area contributed by atoms with E-state index in [1.54, 1.807) is 6.07 Å². The number of hydrogen-bond donors (Lipinski definition) is 1. The fourth-order valence-electron chi connectivity index (χ4n) is 1.81. The minimum atomic E-state index is -4.44. The summed E-state index contributed by atoms with van der Waals surface area (Å²) in [6, 6.07) is 10.2. The van der Waals surface area contributed by atoms with Crippen LogP contribution in [0.15, 0.2) is 48.5 Å². The Morgan fingerprint density at radius 2 is 1.83 bits per heavy atom. The van der Waals surface area contributed by atoms with Crippen LogP contribution in [-0.2, 0) is 17.5 Å². The number of ether oxygens (including phenoxy) is 1. The van der Waals surface area contributed by atoms with Gasteiger partial charge in [0.25, 0.3) is 5.91 Å². The molecular weight excluding hydrogens is 314 g/mol. The van der Waals surface area contributed by atoms with Gasteiger partial charge in [0.1, 0.15) is 0 Å². The van der Waals surface area contributed by atoms with Crippen molar-refractivity contribution < 1.29 is 27.1 Å². The van der Waals surface area contributed by atoms with Crippen LogP contribution in [0.2, 0.25) is 0 Å². The number of nitrogens with one attached hydrogen (secondary N) is 1. The summed E-state index contributed by atoms with van der Waals surface area (Å²) in [6.45, 7) is -0.511. The molecule has 0 radical (unpaired) electrons. The van der Waals surface area contributed by atoms with Crippen LogP contribution in [0.1, 0.15) is 11.1 Å². The highest BCUT2D eigenvalue weighted by molar-refractivity contribution is 5.77. The molecule has 0 bridgehead atoms. The summed E-state index contributed by atoms with van der Waals surface area (Å²) in [6.07, 6.45) is -4.44. The van der Waals surface area contributed by atoms with Gasteiger partial charge in [-0.25, -0.2) is 4.39 Å². The van der Waals surface area contributed by atoms with Gasteiger partial charge in [0.2, 0.25) is 0 Å². The van der Waals surface area contributed by atoms with Crippen LogP contribution in [-0.4, -0.2) is 12.5 Å². The summed E-state index contributed by atoms with van der Waals surface area (Å²) >= 11 is 0. The zero-order chi connectivity index (χ0) is 16.9. The fraction of sp³-hybridized carbons (Fsp3) is 0.188. The van der Waals surface area contributed by atoms with Crippen molar-refractivity contribution in [2.75, 3.05) is 6.61 Å². The number of benzene rings is 2. The van der Waals surface area contributed by atoms with Crippen molar-refractivity contribution in [3.05, 3.63) is 65.5 Å². The maximum absolute atomic E-state index is 13.3. The lowest BCUT2D eigenvalue weighted by Crippen LogP contribution is -2.28. The maximum atomic E-state index is 13.3. The molecule has 3 nitrogen and oxygen atoms in total. The summed E-state index contributed by atoms with van der Waals surface area (Å²) in [7, 11) is 0. The first-order valence-corrected chi connectivity index (χ1v) is 6.66. The lowest BCUT2D eigenvalue weighted by atomic mass is 10.1. The largest absolute Gasteiger partial charge is 0.481 e. The molecule has 0 aliphatic rings. The summed E-state index contributed by atoms with van der Waals surface area (Å²) in [5.41, 5.74) is -0.481. The first kappa shape index (κ1) is 16.8. The molecule has 0 saturated carbocycles. The molecule has 0 fully saturated rings. The number of para-hydroxylation sites is 1. The number of hydrogen-bond acceptors (Lipinski definition) is 2. The molecule has 0 saturated heterocycles. The number of rotatable bonds is 5. The zero-order valence-corrected chi connectivity index (χ0v) is 11.9. The van der Waals surface area contributed by atoms with E-state index in [1.165, 1.54) is 30.3 Å². The average molecular weight is 327 g/mol. The van der Waals surface area contributed by atoms with Crippen LogP contribution >= 0.6 is 0 Å². The van der Waals surface area contributed by atoms with E-state index < -0.39 is 30.1 Å². The molecule has 2 aromatic carbocycles. The van der Waals surface area contributed by atoms with E-state index in [0.29, 0.717) is 5.56 Å². The van der Waals surface area contributed by atoms with Crippen LogP contribution < -0.4 is 10.1 Å². The lowest BCUT2D eigenvalue weighted by molar-refractivity contribution is -0.137. The quantitative estimate of drug-likeness (QED) is 0.853. The maximum Gasteiger partial charge on any atom is 0.416 e. The number of amides is 1. The second-order valence-electron chi connectivity index (χ2n) is 4.69. The highest BCUT2D eigenvalue weighted by Gasteiger charge is 2.30. The van der Waals surface area contributed by atoms with E-state index in [1.807, 2.05) is 0 Å². The van der Waals surface area contributed by atoms with E-state index >= 15 is 0 Å². The third kappa shape index (κ3) is 4.98. The molecule has 0 aromatic heterocycles. The molecule has 1 N–H and O–H groups in total. The Kier molecular flexibility index (Phi) is 5.20. The Bertz CT molecular complexity index is 686. The van der Waals surface area contributed by atoms with Crippen molar-refractivity contribution in [1.82, 2.24) is 5.32 Å². The second-order valence-corrected chi connectivity index (χ2v) is 4.69. The van der Waals surface area contributed by atoms with E-state index in [9.17, 15) is 22.4 Å². The van der Waals surface area contributed by atoms with Crippen LogP contribution in [0, 0.1) is 5.82 Å². The van der Waals surface area contributed by atoms with Gasteiger partial charge in [-0.2, -0.15) is 13.2 Å². The van der Waals surface area contributed by atoms with E-state index in [0.717, 1.165) is 12.1 Å². The molecule has 0 heterocycles. The molecule has 0 aliphatic carbocycles. The average Bonchev–Trinajstić information content (AvgIpc) is 2.51. The van der Waals surface area contributed by atoms with Crippen molar-refractivity contribution in [3.8, 4) is 5.75 Å². The summed E-state index contributed by atoms with van der Waals surface area (Å²) < 4.78 is 56.0. The smallest absolute Gasteiger partial charge is 0.416 e. The molecule has 0 unspecified atom stereocenters. The third-order valence-corrected chi connectivity index (χ3v) is 2.94. The number of halogens is 4. The van der Waals surface area contributed by atoms with Gasteiger partial charge in [0, 0.05) is 6.54 Å². The van der Waals surface area contributed by atoms with Crippen molar-refractivity contribution in [2.45, 2.75) is 12.7 Å². The minimum absolute atomic E-state index is 0.0679. The Hall–Kier alpha value is -2.57. The van der Waals surface area contributed by atoms with Gasteiger partial charge < -0.3 is 10.1 Å². The van der Waals surface area contributed by atoms with Crippen molar-refractivity contribution in [2.24, 2.45) is 0 Å². The molecule has 0 aliphatic heterocycles. The zero-order valence-electron chi connectivity index (χ0n) is 11.9. The van der Waals surface area contributed by atoms with Gasteiger partial charge in [0.15, 0.2) is 18.2 Å². The molecule has 122 valence electrons. The monoisotopic (exact) mass is 327 g/mol. The standard InChI is InChI=1S/C16H13F4NO2/c17-13-6-1-2-7-14(13)23-10-15(22)21-9-11-4-3-5-12(8-11)16(18,19)20/h1-8H,9-10H2,(H,21,22). The molecule has 2 rings (SSSR count). The van der Waals surface area contributed by atoms with Gasteiger partial charge in [-0.05, 0) is 29.8 Å². The molecule has 23 heavy (non-hydrogen) atoms. The van der Waals surface area contributed by atoms with Gasteiger partial charge in [0.05, 0.1) is 5.56 Å². The molecule has 2 aromatic rings. The normalized spacial score (nSPS) is 11.1. The number of carbonyl (C=O) groups excluding carboxylic acids is 1. The lowest BCUT2D eigenvalue weighted by Gasteiger charge is -2.10. The Labute approximate surface area is 129 Å². The van der Waals surface area contributed by atoms with Gasteiger partial charge in [-0.3, -0.25) is 4.79 Å². The van der Waals surface area contributed by atoms with Crippen LogP contribution in [0.4, 0.5) is 17.6 Å². The number of alkyl halides is 3. The first-order chi connectivity index (χ1) is 10.9. The second kappa shape index (κ2) is 7.13. The number of carbonyl (C=O) groups is 1. The first-order valence-electron chi connectivity index (χ1n) is 6.66.